The highest BCUT2D eigenvalue weighted by atomic mass is 16.7. The number of hydrogen-bond donors (Lipinski definition) is 0. The van der Waals surface area contributed by atoms with E-state index in [0.717, 1.165) is 0 Å². The molecule has 0 aromatic heterocycles. The molecule has 2 unspecified atom stereocenters. The van der Waals surface area contributed by atoms with E-state index in [2.05, 4.69) is 4.74 Å². The van der Waals surface area contributed by atoms with E-state index in [0.29, 0.717) is 6.42 Å². The zero-order valence-electron chi connectivity index (χ0n) is 10.5. The van der Waals surface area contributed by atoms with Gasteiger partial charge in [-0.3, -0.25) is 9.59 Å². The third-order valence-corrected chi connectivity index (χ3v) is 3.29. The van der Waals surface area contributed by atoms with Crippen LogP contribution in [0.5, 0.6) is 0 Å². The quantitative estimate of drug-likeness (QED) is 0.526. The third-order valence-electron chi connectivity index (χ3n) is 3.29. The Kier molecular flexibility index (Phi) is 4.47. The van der Waals surface area contributed by atoms with Gasteiger partial charge in [0.15, 0.2) is 5.79 Å². The summed E-state index contributed by atoms with van der Waals surface area (Å²) < 4.78 is 19.9. The normalized spacial score (nSPS) is 26.6. The smallest absolute Gasteiger partial charge is 0.314 e. The Labute approximate surface area is 100 Å². The van der Waals surface area contributed by atoms with Gasteiger partial charge in [-0.15, -0.1) is 0 Å². The van der Waals surface area contributed by atoms with Crippen LogP contribution in [0.4, 0.5) is 0 Å². The van der Waals surface area contributed by atoms with Crippen molar-refractivity contribution < 1.29 is 28.5 Å². The zero-order chi connectivity index (χ0) is 13.1. The molecule has 2 atom stereocenters. The first-order valence-electron chi connectivity index (χ1n) is 5.30. The van der Waals surface area contributed by atoms with Crippen LogP contribution >= 0.6 is 0 Å². The molecule has 0 aromatic carbocycles. The Hall–Kier alpha value is -1.14. The molecule has 1 saturated carbocycles. The molecule has 6 heteroatoms. The summed E-state index contributed by atoms with van der Waals surface area (Å²) in [6.45, 7) is 0. The Morgan fingerprint density at radius 1 is 1.00 bits per heavy atom. The first-order valence-corrected chi connectivity index (χ1v) is 5.30. The first kappa shape index (κ1) is 13.9. The second-order valence-electron chi connectivity index (χ2n) is 3.96. The topological polar surface area (TPSA) is 71.1 Å². The van der Waals surface area contributed by atoms with E-state index < -0.39 is 23.6 Å². The molecule has 0 heterocycles. The van der Waals surface area contributed by atoms with Crippen molar-refractivity contribution in [3.8, 4) is 0 Å². The van der Waals surface area contributed by atoms with Crippen LogP contribution in [0.25, 0.3) is 0 Å². The van der Waals surface area contributed by atoms with Gasteiger partial charge >= 0.3 is 11.9 Å². The van der Waals surface area contributed by atoms with Crippen LogP contribution in [0.3, 0.4) is 0 Å². The monoisotopic (exact) mass is 246 g/mol. The summed E-state index contributed by atoms with van der Waals surface area (Å²) in [5.74, 6) is -2.95. The molecule has 98 valence electrons. The molecule has 0 bridgehead atoms. The fourth-order valence-electron chi connectivity index (χ4n) is 2.33. The average Bonchev–Trinajstić information content (AvgIpc) is 2.77. The maximum absolute atomic E-state index is 11.7. The summed E-state index contributed by atoms with van der Waals surface area (Å²) in [5.41, 5.74) is 0. The molecule has 0 radical (unpaired) electrons. The van der Waals surface area contributed by atoms with Gasteiger partial charge in [-0.25, -0.2) is 0 Å². The number of hydrogen-bond acceptors (Lipinski definition) is 6. The molecule has 1 fully saturated rings. The van der Waals surface area contributed by atoms with Crippen molar-refractivity contribution in [1.29, 1.82) is 0 Å². The molecule has 6 nitrogen and oxygen atoms in total. The highest BCUT2D eigenvalue weighted by molar-refractivity contribution is 5.78. The average molecular weight is 246 g/mol. The van der Waals surface area contributed by atoms with Crippen LogP contribution in [0.2, 0.25) is 0 Å². The molecule has 17 heavy (non-hydrogen) atoms. The van der Waals surface area contributed by atoms with E-state index in [1.54, 1.807) is 0 Å². The molecule has 0 aromatic rings. The summed E-state index contributed by atoms with van der Waals surface area (Å²) in [4.78, 5) is 23.2. The lowest BCUT2D eigenvalue weighted by Crippen LogP contribution is -2.42. The number of methoxy groups -OCH3 is 4. The Morgan fingerprint density at radius 2 is 1.53 bits per heavy atom. The van der Waals surface area contributed by atoms with Gasteiger partial charge in [-0.2, -0.15) is 0 Å². The van der Waals surface area contributed by atoms with Gasteiger partial charge in [0.25, 0.3) is 0 Å². The van der Waals surface area contributed by atoms with Crippen molar-refractivity contribution in [1.82, 2.24) is 0 Å². The molecule has 0 aliphatic heterocycles. The SMILES string of the molecule is COC(=O)C1CC(C(=O)OC)C(OC)(OC)C1. The summed E-state index contributed by atoms with van der Waals surface area (Å²) in [7, 11) is 5.50. The van der Waals surface area contributed by atoms with Crippen molar-refractivity contribution in [3.63, 3.8) is 0 Å². The second-order valence-corrected chi connectivity index (χ2v) is 3.96. The van der Waals surface area contributed by atoms with E-state index >= 15 is 0 Å². The van der Waals surface area contributed by atoms with Gasteiger partial charge in [0.2, 0.25) is 0 Å². The van der Waals surface area contributed by atoms with E-state index in [-0.39, 0.29) is 12.4 Å². The van der Waals surface area contributed by atoms with Gasteiger partial charge in [-0.1, -0.05) is 0 Å². The van der Waals surface area contributed by atoms with Gasteiger partial charge < -0.3 is 18.9 Å². The minimum Gasteiger partial charge on any atom is -0.469 e. The minimum atomic E-state index is -1.11. The van der Waals surface area contributed by atoms with Crippen LogP contribution in [0, 0.1) is 11.8 Å². The van der Waals surface area contributed by atoms with Crippen molar-refractivity contribution in [3.05, 3.63) is 0 Å². The molecule has 0 N–H and O–H groups in total. The molecular weight excluding hydrogens is 228 g/mol. The second kappa shape index (κ2) is 5.46. The number of ether oxygens (including phenoxy) is 4. The lowest BCUT2D eigenvalue weighted by Gasteiger charge is -2.30. The zero-order valence-corrected chi connectivity index (χ0v) is 10.5. The Balaban J connectivity index is 2.93. The molecule has 0 spiro atoms. The van der Waals surface area contributed by atoms with Gasteiger partial charge in [-0.05, 0) is 6.42 Å². The summed E-state index contributed by atoms with van der Waals surface area (Å²) in [6, 6.07) is 0. The molecule has 1 rings (SSSR count). The highest BCUT2D eigenvalue weighted by Crippen LogP contribution is 2.43. The van der Waals surface area contributed by atoms with E-state index in [4.69, 9.17) is 14.2 Å². The van der Waals surface area contributed by atoms with Gasteiger partial charge in [0, 0.05) is 20.6 Å². The first-order chi connectivity index (χ1) is 8.04. The molecule has 1 aliphatic rings. The van der Waals surface area contributed by atoms with Crippen LogP contribution in [0.15, 0.2) is 0 Å². The van der Waals surface area contributed by atoms with Crippen LogP contribution in [-0.2, 0) is 28.5 Å². The van der Waals surface area contributed by atoms with Crippen molar-refractivity contribution in [2.75, 3.05) is 28.4 Å². The standard InChI is InChI=1S/C11H18O6/c1-14-9(12)7-5-8(10(13)15-2)11(6-7,16-3)17-4/h7-8H,5-6H2,1-4H3. The van der Waals surface area contributed by atoms with E-state index in [1.165, 1.54) is 28.4 Å². The lowest BCUT2D eigenvalue weighted by atomic mass is 10.0. The van der Waals surface area contributed by atoms with E-state index in [1.807, 2.05) is 0 Å². The predicted octanol–water partition coefficient (Wildman–Crippen LogP) is 0.348. The fourth-order valence-corrected chi connectivity index (χ4v) is 2.33. The number of carbonyl (C=O) groups is 2. The summed E-state index contributed by atoms with van der Waals surface area (Å²) in [6.07, 6.45) is 0.591. The van der Waals surface area contributed by atoms with Crippen molar-refractivity contribution in [2.45, 2.75) is 18.6 Å². The molecular formula is C11H18O6. The van der Waals surface area contributed by atoms with Gasteiger partial charge in [0.05, 0.1) is 20.1 Å². The fraction of sp³-hybridized carbons (Fsp3) is 0.818. The Morgan fingerprint density at radius 3 is 1.94 bits per heavy atom. The molecule has 0 amide bonds. The largest absolute Gasteiger partial charge is 0.469 e. The number of esters is 2. The number of carbonyl (C=O) groups excluding carboxylic acids is 2. The van der Waals surface area contributed by atoms with Crippen molar-refractivity contribution >= 4 is 11.9 Å². The predicted molar refractivity (Wildman–Crippen MR) is 57.0 cm³/mol. The van der Waals surface area contributed by atoms with Crippen molar-refractivity contribution in [2.24, 2.45) is 11.8 Å². The van der Waals surface area contributed by atoms with Crippen LogP contribution < -0.4 is 0 Å². The summed E-state index contributed by atoms with van der Waals surface area (Å²) in [5, 5.41) is 0. The minimum absolute atomic E-state index is 0.284. The summed E-state index contributed by atoms with van der Waals surface area (Å²) >= 11 is 0. The van der Waals surface area contributed by atoms with Crippen LogP contribution in [0.1, 0.15) is 12.8 Å². The Bertz CT molecular complexity index is 296. The third kappa shape index (κ3) is 2.42. The van der Waals surface area contributed by atoms with Crippen LogP contribution in [-0.4, -0.2) is 46.2 Å². The van der Waals surface area contributed by atoms with Gasteiger partial charge in [0.1, 0.15) is 5.92 Å². The maximum atomic E-state index is 11.7. The number of rotatable bonds is 4. The molecule has 0 saturated heterocycles. The molecule has 1 aliphatic carbocycles. The lowest BCUT2D eigenvalue weighted by molar-refractivity contribution is -0.233. The highest BCUT2D eigenvalue weighted by Gasteiger charge is 2.54. The van der Waals surface area contributed by atoms with E-state index in [9.17, 15) is 9.59 Å². The maximum Gasteiger partial charge on any atom is 0.314 e.